The molecule has 1 unspecified atom stereocenters. The summed E-state index contributed by atoms with van der Waals surface area (Å²) in [6.45, 7) is 9.91. The maximum absolute atomic E-state index is 13.0. The highest BCUT2D eigenvalue weighted by Crippen LogP contribution is 2.24. The summed E-state index contributed by atoms with van der Waals surface area (Å²) in [7, 11) is 3.72. The van der Waals surface area contributed by atoms with Crippen LogP contribution in [0.4, 0.5) is 11.4 Å². The van der Waals surface area contributed by atoms with E-state index in [0.717, 1.165) is 37.4 Å². The van der Waals surface area contributed by atoms with Crippen LogP contribution in [0.2, 0.25) is 0 Å². The fraction of sp³-hybridized carbons (Fsp3) is 0.440. The number of amides is 2. The molecule has 2 aromatic rings. The Morgan fingerprint density at radius 3 is 2.22 bits per heavy atom. The number of nitrogens with zero attached hydrogens (tertiary/aromatic N) is 2. The topological polar surface area (TPSA) is 73.9 Å². The third-order valence-corrected chi connectivity index (χ3v) is 5.92. The maximum Gasteiger partial charge on any atom is 0.251 e. The summed E-state index contributed by atoms with van der Waals surface area (Å²) in [5.41, 5.74) is 3.41. The van der Waals surface area contributed by atoms with E-state index < -0.39 is 6.04 Å². The number of rotatable bonds is 7. The number of aryl methyl sites for hydroxylation is 1. The van der Waals surface area contributed by atoms with Crippen molar-refractivity contribution in [1.29, 1.82) is 0 Å². The number of benzene rings is 2. The number of anilines is 2. The van der Waals surface area contributed by atoms with E-state index in [2.05, 4.69) is 33.5 Å². The second-order valence-corrected chi connectivity index (χ2v) is 8.70. The Hall–Kier alpha value is -3.06. The normalized spacial score (nSPS) is 15.4. The second-order valence-electron chi connectivity index (χ2n) is 8.70. The second kappa shape index (κ2) is 10.5. The summed E-state index contributed by atoms with van der Waals surface area (Å²) >= 11 is 0. The monoisotopic (exact) mass is 438 g/mol. The molecule has 1 atom stereocenters. The van der Waals surface area contributed by atoms with Gasteiger partial charge < -0.3 is 25.2 Å². The largest absolute Gasteiger partial charge is 0.497 e. The predicted octanol–water partition coefficient (Wildman–Crippen LogP) is 3.15. The molecule has 172 valence electrons. The summed E-state index contributed by atoms with van der Waals surface area (Å²) < 4.78 is 5.13. The molecular weight excluding hydrogens is 404 g/mol. The molecule has 1 aliphatic heterocycles. The molecule has 3 rings (SSSR count). The lowest BCUT2D eigenvalue weighted by atomic mass is 10.0. The van der Waals surface area contributed by atoms with E-state index >= 15 is 0 Å². The number of carbonyl (C=O) groups is 2. The summed E-state index contributed by atoms with van der Waals surface area (Å²) in [6, 6.07) is 12.3. The van der Waals surface area contributed by atoms with Gasteiger partial charge in [-0.1, -0.05) is 13.8 Å². The molecule has 1 fully saturated rings. The summed E-state index contributed by atoms with van der Waals surface area (Å²) in [4.78, 5) is 30.4. The minimum atomic E-state index is -0.652. The number of nitrogens with one attached hydrogen (secondary N) is 2. The van der Waals surface area contributed by atoms with Crippen LogP contribution in [0.3, 0.4) is 0 Å². The first-order chi connectivity index (χ1) is 15.3. The van der Waals surface area contributed by atoms with E-state index in [1.165, 1.54) is 5.69 Å². The fourth-order valence-corrected chi connectivity index (χ4v) is 3.76. The van der Waals surface area contributed by atoms with E-state index in [9.17, 15) is 9.59 Å². The molecular formula is C25H34N4O3. The van der Waals surface area contributed by atoms with Gasteiger partial charge in [-0.25, -0.2) is 0 Å². The van der Waals surface area contributed by atoms with Gasteiger partial charge in [-0.15, -0.1) is 0 Å². The van der Waals surface area contributed by atoms with Crippen molar-refractivity contribution in [2.24, 2.45) is 5.92 Å². The zero-order chi connectivity index (χ0) is 23.3. The van der Waals surface area contributed by atoms with Crippen molar-refractivity contribution >= 4 is 23.2 Å². The first kappa shape index (κ1) is 23.6. The molecule has 7 heteroatoms. The molecule has 1 aliphatic rings. The molecule has 0 spiro atoms. The predicted molar refractivity (Wildman–Crippen MR) is 129 cm³/mol. The van der Waals surface area contributed by atoms with Gasteiger partial charge in [0, 0.05) is 43.1 Å². The van der Waals surface area contributed by atoms with Crippen LogP contribution in [0.25, 0.3) is 0 Å². The van der Waals surface area contributed by atoms with Gasteiger partial charge in [0.25, 0.3) is 5.91 Å². The van der Waals surface area contributed by atoms with E-state index in [0.29, 0.717) is 11.3 Å². The zero-order valence-corrected chi connectivity index (χ0v) is 19.6. The van der Waals surface area contributed by atoms with Gasteiger partial charge in [0.2, 0.25) is 5.91 Å². The van der Waals surface area contributed by atoms with Crippen molar-refractivity contribution in [3.8, 4) is 5.75 Å². The van der Waals surface area contributed by atoms with Crippen LogP contribution in [0.1, 0.15) is 29.8 Å². The van der Waals surface area contributed by atoms with Gasteiger partial charge in [-0.05, 0) is 67.9 Å². The molecule has 0 bridgehead atoms. The molecule has 2 aromatic carbocycles. The Labute approximate surface area is 190 Å². The average molecular weight is 439 g/mol. The van der Waals surface area contributed by atoms with Gasteiger partial charge in [0.05, 0.1) is 7.11 Å². The summed E-state index contributed by atoms with van der Waals surface area (Å²) in [5.74, 6) is 0.0956. The minimum absolute atomic E-state index is 0.0675. The first-order valence-corrected chi connectivity index (χ1v) is 11.1. The number of carbonyl (C=O) groups excluding carboxylic acids is 2. The summed E-state index contributed by atoms with van der Waals surface area (Å²) in [5, 5.41) is 5.88. The molecule has 0 aliphatic carbocycles. The molecule has 7 nitrogen and oxygen atoms in total. The van der Waals surface area contributed by atoms with Crippen LogP contribution in [0.15, 0.2) is 42.5 Å². The Bertz CT molecular complexity index is 935. The van der Waals surface area contributed by atoms with Crippen molar-refractivity contribution in [3.63, 3.8) is 0 Å². The van der Waals surface area contributed by atoms with E-state index in [1.54, 1.807) is 31.4 Å². The Morgan fingerprint density at radius 1 is 1.00 bits per heavy atom. The number of hydrogen-bond acceptors (Lipinski definition) is 5. The molecule has 0 aromatic heterocycles. The number of likely N-dealkylation sites (N-methyl/N-ethyl adjacent to an activating group) is 1. The lowest BCUT2D eigenvalue weighted by Gasteiger charge is -2.34. The quantitative estimate of drug-likeness (QED) is 0.695. The first-order valence-electron chi connectivity index (χ1n) is 11.1. The number of methoxy groups -OCH3 is 1. The Morgan fingerprint density at radius 2 is 1.66 bits per heavy atom. The maximum atomic E-state index is 13.0. The van der Waals surface area contributed by atoms with Gasteiger partial charge >= 0.3 is 0 Å². The molecule has 0 radical (unpaired) electrons. The molecule has 32 heavy (non-hydrogen) atoms. The Balaban J connectivity index is 1.66. The van der Waals surface area contributed by atoms with Gasteiger partial charge in [0.15, 0.2) is 0 Å². The van der Waals surface area contributed by atoms with Crippen molar-refractivity contribution in [3.05, 3.63) is 53.6 Å². The number of ether oxygens (including phenoxy) is 1. The zero-order valence-electron chi connectivity index (χ0n) is 19.6. The minimum Gasteiger partial charge on any atom is -0.497 e. The highest BCUT2D eigenvalue weighted by atomic mass is 16.5. The third-order valence-electron chi connectivity index (χ3n) is 5.92. The number of piperazine rings is 1. The Kier molecular flexibility index (Phi) is 7.75. The molecule has 2 amide bonds. The van der Waals surface area contributed by atoms with Gasteiger partial charge in [-0.3, -0.25) is 9.59 Å². The lowest BCUT2D eigenvalue weighted by Crippen LogP contribution is -2.47. The molecule has 1 saturated heterocycles. The van der Waals surface area contributed by atoms with Crippen LogP contribution in [0.5, 0.6) is 5.75 Å². The number of hydrogen-bond donors (Lipinski definition) is 2. The van der Waals surface area contributed by atoms with Crippen molar-refractivity contribution in [2.75, 3.05) is 50.6 Å². The van der Waals surface area contributed by atoms with Crippen molar-refractivity contribution < 1.29 is 14.3 Å². The summed E-state index contributed by atoms with van der Waals surface area (Å²) in [6.07, 6.45) is 0. The standard InChI is InChI=1S/C25H34N4O3/c1-17(2)23(27-24(30)19-6-9-21(32-5)10-7-19)25(31)26-22-11-8-20(16-18(22)3)29-14-12-28(4)13-15-29/h6-11,16-17,23H,12-15H2,1-5H3,(H,26,31)(H,27,30). The van der Waals surface area contributed by atoms with Crippen LogP contribution in [0, 0.1) is 12.8 Å². The highest BCUT2D eigenvalue weighted by molar-refractivity contribution is 6.01. The smallest absolute Gasteiger partial charge is 0.251 e. The third kappa shape index (κ3) is 5.79. The highest BCUT2D eigenvalue weighted by Gasteiger charge is 2.25. The molecule has 1 heterocycles. The van der Waals surface area contributed by atoms with Crippen molar-refractivity contribution in [1.82, 2.24) is 10.2 Å². The average Bonchev–Trinajstić information content (AvgIpc) is 2.79. The van der Waals surface area contributed by atoms with Gasteiger partial charge in [0.1, 0.15) is 11.8 Å². The van der Waals surface area contributed by atoms with Crippen LogP contribution in [-0.2, 0) is 4.79 Å². The van der Waals surface area contributed by atoms with Crippen LogP contribution in [-0.4, -0.2) is 63.1 Å². The van der Waals surface area contributed by atoms with E-state index in [-0.39, 0.29) is 17.7 Å². The van der Waals surface area contributed by atoms with Gasteiger partial charge in [-0.2, -0.15) is 0 Å². The lowest BCUT2D eigenvalue weighted by molar-refractivity contribution is -0.118. The van der Waals surface area contributed by atoms with Crippen LogP contribution < -0.4 is 20.3 Å². The van der Waals surface area contributed by atoms with Crippen molar-refractivity contribution in [2.45, 2.75) is 26.8 Å². The van der Waals surface area contributed by atoms with Crippen LogP contribution >= 0.6 is 0 Å². The fourth-order valence-electron chi connectivity index (χ4n) is 3.76. The molecule has 2 N–H and O–H groups in total. The SMILES string of the molecule is COc1ccc(C(=O)NC(C(=O)Nc2ccc(N3CCN(C)CC3)cc2C)C(C)C)cc1. The molecule has 0 saturated carbocycles. The van der Waals surface area contributed by atoms with E-state index in [4.69, 9.17) is 4.74 Å². The van der Waals surface area contributed by atoms with E-state index in [1.807, 2.05) is 32.9 Å².